The number of halogens is 1. The van der Waals surface area contributed by atoms with Crippen LogP contribution in [0.15, 0.2) is 28.7 Å². The molecule has 2 heterocycles. The van der Waals surface area contributed by atoms with Crippen molar-refractivity contribution in [1.82, 2.24) is 0 Å². The summed E-state index contributed by atoms with van der Waals surface area (Å²) in [5, 5.41) is 0. The van der Waals surface area contributed by atoms with Gasteiger partial charge >= 0.3 is 0 Å². The molecule has 0 bridgehead atoms. The second-order valence-electron chi connectivity index (χ2n) is 4.72. The molecule has 0 amide bonds. The van der Waals surface area contributed by atoms with Crippen molar-refractivity contribution in [3.8, 4) is 5.75 Å². The van der Waals surface area contributed by atoms with E-state index in [1.165, 1.54) is 15.3 Å². The van der Waals surface area contributed by atoms with Crippen LogP contribution in [0.2, 0.25) is 0 Å². The first-order chi connectivity index (χ1) is 9.19. The Morgan fingerprint density at radius 2 is 2.26 bits per heavy atom. The molecule has 19 heavy (non-hydrogen) atoms. The smallest absolute Gasteiger partial charge is 0.127 e. The molecule has 4 heteroatoms. The molecule has 1 unspecified atom stereocenters. The molecule has 1 aliphatic heterocycles. The number of rotatable bonds is 3. The Morgan fingerprint density at radius 3 is 3.00 bits per heavy atom. The van der Waals surface area contributed by atoms with Crippen LogP contribution in [0, 0.1) is 0 Å². The third kappa shape index (κ3) is 2.45. The largest absolute Gasteiger partial charge is 0.493 e. The highest BCUT2D eigenvalue weighted by atomic mass is 79.9. The van der Waals surface area contributed by atoms with Gasteiger partial charge in [0.15, 0.2) is 0 Å². The molecular formula is C15H16BrNOS. The Hall–Kier alpha value is -0.840. The number of aryl methyl sites for hydroxylation is 1. The zero-order chi connectivity index (χ0) is 13.4. The SMILES string of the molecule is CCc1ccc(C(N)c2cc(Br)cc3c2OCC3)s1. The molecule has 0 fully saturated rings. The summed E-state index contributed by atoms with van der Waals surface area (Å²) in [6, 6.07) is 8.41. The lowest BCUT2D eigenvalue weighted by molar-refractivity contribution is 0.352. The summed E-state index contributed by atoms with van der Waals surface area (Å²) in [4.78, 5) is 2.57. The van der Waals surface area contributed by atoms with Crippen LogP contribution in [0.25, 0.3) is 0 Å². The Labute approximate surface area is 125 Å². The van der Waals surface area contributed by atoms with Gasteiger partial charge < -0.3 is 10.5 Å². The van der Waals surface area contributed by atoms with Crippen LogP contribution in [0.3, 0.4) is 0 Å². The molecular weight excluding hydrogens is 322 g/mol. The highest BCUT2D eigenvalue weighted by Crippen LogP contribution is 2.39. The first kappa shape index (κ1) is 13.2. The van der Waals surface area contributed by atoms with E-state index in [1.807, 2.05) is 0 Å². The third-order valence-corrected chi connectivity index (χ3v) is 5.22. The molecule has 0 saturated heterocycles. The van der Waals surface area contributed by atoms with Crippen molar-refractivity contribution in [3.63, 3.8) is 0 Å². The van der Waals surface area contributed by atoms with Gasteiger partial charge in [0, 0.05) is 26.2 Å². The summed E-state index contributed by atoms with van der Waals surface area (Å²) in [5.74, 6) is 0.988. The Balaban J connectivity index is 2.02. The van der Waals surface area contributed by atoms with Gasteiger partial charge in [-0.1, -0.05) is 22.9 Å². The van der Waals surface area contributed by atoms with Crippen molar-refractivity contribution in [1.29, 1.82) is 0 Å². The standard InChI is InChI=1S/C15H16BrNOS/c1-2-11-3-4-13(19-11)14(17)12-8-10(16)7-9-5-6-18-15(9)12/h3-4,7-8,14H,2,5-6,17H2,1H3. The number of benzene rings is 1. The van der Waals surface area contributed by atoms with E-state index in [1.54, 1.807) is 11.3 Å². The van der Waals surface area contributed by atoms with Crippen molar-refractivity contribution in [3.05, 3.63) is 49.6 Å². The van der Waals surface area contributed by atoms with Gasteiger partial charge in [-0.3, -0.25) is 0 Å². The van der Waals surface area contributed by atoms with Crippen LogP contribution in [-0.4, -0.2) is 6.61 Å². The van der Waals surface area contributed by atoms with Gasteiger partial charge in [-0.25, -0.2) is 0 Å². The van der Waals surface area contributed by atoms with Gasteiger partial charge in [-0.2, -0.15) is 0 Å². The molecule has 100 valence electrons. The van der Waals surface area contributed by atoms with Crippen molar-refractivity contribution in [2.45, 2.75) is 25.8 Å². The maximum atomic E-state index is 6.44. The first-order valence-electron chi connectivity index (χ1n) is 6.48. The zero-order valence-electron chi connectivity index (χ0n) is 10.8. The number of hydrogen-bond acceptors (Lipinski definition) is 3. The van der Waals surface area contributed by atoms with Crippen molar-refractivity contribution >= 4 is 27.3 Å². The molecule has 2 nitrogen and oxygen atoms in total. The van der Waals surface area contributed by atoms with Crippen LogP contribution < -0.4 is 10.5 Å². The molecule has 1 atom stereocenters. The third-order valence-electron chi connectivity index (χ3n) is 3.45. The predicted molar refractivity (Wildman–Crippen MR) is 83.1 cm³/mol. The molecule has 1 aliphatic rings. The van der Waals surface area contributed by atoms with Gasteiger partial charge in [-0.15, -0.1) is 11.3 Å². The lowest BCUT2D eigenvalue weighted by Gasteiger charge is -2.15. The molecule has 0 radical (unpaired) electrons. The molecule has 2 N–H and O–H groups in total. The van der Waals surface area contributed by atoms with E-state index in [2.05, 4.69) is 47.1 Å². The van der Waals surface area contributed by atoms with E-state index in [0.29, 0.717) is 0 Å². The molecule has 0 spiro atoms. The second kappa shape index (κ2) is 5.27. The zero-order valence-corrected chi connectivity index (χ0v) is 13.2. The Bertz CT molecular complexity index is 608. The Kier molecular flexibility index (Phi) is 3.65. The fourth-order valence-electron chi connectivity index (χ4n) is 2.43. The highest BCUT2D eigenvalue weighted by molar-refractivity contribution is 9.10. The molecule has 1 aromatic carbocycles. The number of thiophene rings is 1. The minimum Gasteiger partial charge on any atom is -0.493 e. The maximum absolute atomic E-state index is 6.44. The molecule has 0 aliphatic carbocycles. The fourth-order valence-corrected chi connectivity index (χ4v) is 3.93. The quantitative estimate of drug-likeness (QED) is 0.916. The van der Waals surface area contributed by atoms with Crippen LogP contribution >= 0.6 is 27.3 Å². The summed E-state index contributed by atoms with van der Waals surface area (Å²) in [5.41, 5.74) is 8.78. The van der Waals surface area contributed by atoms with Gasteiger partial charge in [0.25, 0.3) is 0 Å². The van der Waals surface area contributed by atoms with Crippen molar-refractivity contribution in [2.24, 2.45) is 5.73 Å². The van der Waals surface area contributed by atoms with E-state index < -0.39 is 0 Å². The van der Waals surface area contributed by atoms with Crippen LogP contribution in [0.5, 0.6) is 5.75 Å². The molecule has 3 rings (SSSR count). The number of nitrogens with two attached hydrogens (primary N) is 1. The van der Waals surface area contributed by atoms with Gasteiger partial charge in [0.2, 0.25) is 0 Å². The normalized spacial score (nSPS) is 15.1. The second-order valence-corrected chi connectivity index (χ2v) is 6.83. The summed E-state index contributed by atoms with van der Waals surface area (Å²) in [6.07, 6.45) is 2.03. The van der Waals surface area contributed by atoms with E-state index in [4.69, 9.17) is 10.5 Å². The molecule has 2 aromatic rings. The van der Waals surface area contributed by atoms with Gasteiger partial charge in [0.05, 0.1) is 12.6 Å². The van der Waals surface area contributed by atoms with Gasteiger partial charge in [0.1, 0.15) is 5.75 Å². The number of hydrogen-bond donors (Lipinski definition) is 1. The topological polar surface area (TPSA) is 35.2 Å². The monoisotopic (exact) mass is 337 g/mol. The van der Waals surface area contributed by atoms with Crippen LogP contribution in [-0.2, 0) is 12.8 Å². The van der Waals surface area contributed by atoms with Crippen LogP contribution in [0.1, 0.15) is 33.8 Å². The minimum absolute atomic E-state index is 0.102. The average molecular weight is 338 g/mol. The number of ether oxygens (including phenoxy) is 1. The van der Waals surface area contributed by atoms with Crippen LogP contribution in [0.4, 0.5) is 0 Å². The van der Waals surface area contributed by atoms with E-state index in [-0.39, 0.29) is 6.04 Å². The molecule has 1 aromatic heterocycles. The minimum atomic E-state index is -0.102. The summed E-state index contributed by atoms with van der Waals surface area (Å²) in [7, 11) is 0. The fraction of sp³-hybridized carbons (Fsp3) is 0.333. The lowest BCUT2D eigenvalue weighted by atomic mass is 10.0. The summed E-state index contributed by atoms with van der Waals surface area (Å²) >= 11 is 5.36. The maximum Gasteiger partial charge on any atom is 0.127 e. The van der Waals surface area contributed by atoms with E-state index >= 15 is 0 Å². The number of fused-ring (bicyclic) bond motifs is 1. The van der Waals surface area contributed by atoms with Crippen molar-refractivity contribution in [2.75, 3.05) is 6.61 Å². The van der Waals surface area contributed by atoms with E-state index in [0.717, 1.165) is 35.2 Å². The van der Waals surface area contributed by atoms with Gasteiger partial charge in [-0.05, 0) is 36.2 Å². The highest BCUT2D eigenvalue weighted by Gasteiger charge is 2.23. The summed E-state index contributed by atoms with van der Waals surface area (Å²) < 4.78 is 6.84. The summed E-state index contributed by atoms with van der Waals surface area (Å²) in [6.45, 7) is 2.93. The predicted octanol–water partition coefficient (Wildman–Crippen LogP) is 4.06. The molecule has 0 saturated carbocycles. The first-order valence-corrected chi connectivity index (χ1v) is 8.09. The lowest BCUT2D eigenvalue weighted by Crippen LogP contribution is -2.11. The Morgan fingerprint density at radius 1 is 1.42 bits per heavy atom. The average Bonchev–Trinajstić information content (AvgIpc) is 3.04. The van der Waals surface area contributed by atoms with E-state index in [9.17, 15) is 0 Å². The van der Waals surface area contributed by atoms with Crippen molar-refractivity contribution < 1.29 is 4.74 Å².